The Morgan fingerprint density at radius 2 is 1.97 bits per heavy atom. The average Bonchev–Trinajstić information content (AvgIpc) is 3.51. The molecular formula is C24H33N4O4S2+. The number of ether oxygens (including phenoxy) is 1. The van der Waals surface area contributed by atoms with Crippen molar-refractivity contribution in [3.05, 3.63) is 44.6 Å². The Hall–Kier alpha value is -2.33. The van der Waals surface area contributed by atoms with Gasteiger partial charge in [-0.15, -0.1) is 11.8 Å². The van der Waals surface area contributed by atoms with Crippen molar-refractivity contribution in [1.29, 1.82) is 0 Å². The summed E-state index contributed by atoms with van der Waals surface area (Å²) in [7, 11) is 4.14. The Morgan fingerprint density at radius 1 is 1.18 bits per heavy atom. The first-order chi connectivity index (χ1) is 16.5. The maximum absolute atomic E-state index is 12.9. The highest BCUT2D eigenvalue weighted by atomic mass is 32.2. The molecule has 0 radical (unpaired) electrons. The van der Waals surface area contributed by atoms with Gasteiger partial charge in [-0.2, -0.15) is 0 Å². The van der Waals surface area contributed by atoms with E-state index in [1.807, 2.05) is 47.6 Å². The third kappa shape index (κ3) is 5.66. The normalized spacial score (nSPS) is 22.3. The summed E-state index contributed by atoms with van der Waals surface area (Å²) in [6, 6.07) is 0.0616. The van der Waals surface area contributed by atoms with Crippen LogP contribution in [0.25, 0.3) is 12.2 Å². The molecule has 0 unspecified atom stereocenters. The summed E-state index contributed by atoms with van der Waals surface area (Å²) in [4.78, 5) is 29.0. The molecule has 34 heavy (non-hydrogen) atoms. The fourth-order valence-corrected chi connectivity index (χ4v) is 6.41. The van der Waals surface area contributed by atoms with E-state index in [9.17, 15) is 9.59 Å². The Bertz CT molecular complexity index is 1170. The number of rotatable bonds is 5. The van der Waals surface area contributed by atoms with E-state index in [1.165, 1.54) is 5.04 Å². The lowest BCUT2D eigenvalue weighted by molar-refractivity contribution is -0.485. The predicted octanol–water partition coefficient (Wildman–Crippen LogP) is 1.66. The lowest BCUT2D eigenvalue weighted by atomic mass is 10.1. The number of carbonyl (C=O) groups is 1. The highest BCUT2D eigenvalue weighted by Crippen LogP contribution is 2.25. The summed E-state index contributed by atoms with van der Waals surface area (Å²) in [6.45, 7) is 5.39. The molecule has 2 fully saturated rings. The second-order valence-electron chi connectivity index (χ2n) is 8.48. The van der Waals surface area contributed by atoms with E-state index in [4.69, 9.17) is 9.15 Å². The predicted molar refractivity (Wildman–Crippen MR) is 139 cm³/mol. The van der Waals surface area contributed by atoms with Gasteiger partial charge in [-0.3, -0.25) is 0 Å². The number of nitrogens with zero attached hydrogens (tertiary/aromatic N) is 4. The highest BCUT2D eigenvalue weighted by Gasteiger charge is 2.26. The van der Waals surface area contributed by atoms with Crippen LogP contribution in [0.5, 0.6) is 0 Å². The van der Waals surface area contributed by atoms with Crippen LogP contribution in [0.1, 0.15) is 25.8 Å². The van der Waals surface area contributed by atoms with Gasteiger partial charge in [0.15, 0.2) is 6.54 Å². The molecule has 184 valence electrons. The van der Waals surface area contributed by atoms with Crippen LogP contribution in [-0.2, 0) is 4.74 Å². The standard InChI is InChI=1S/C24H33N4O4S2/c1-4-31-24(30)27-12-10-18(11-13-27)28-19(8-9-22-26(3)15-17-34-22)23(29)32-20(28)6-5-7-21-25(2)14-16-33-21/h5-9,18H,4,10-17H2,1-3H3/q+1/b19-8+,22-9+. The van der Waals surface area contributed by atoms with Crippen molar-refractivity contribution in [1.82, 2.24) is 14.4 Å². The topological polar surface area (TPSA) is 70.9 Å². The molecule has 8 nitrogen and oxygen atoms in total. The summed E-state index contributed by atoms with van der Waals surface area (Å²) in [5.41, 5.74) is 0.203. The number of aromatic nitrogens is 1. The molecule has 2 saturated heterocycles. The number of carbonyl (C=O) groups excluding carboxylic acids is 1. The van der Waals surface area contributed by atoms with E-state index in [2.05, 4.69) is 29.6 Å². The molecule has 0 atom stereocenters. The van der Waals surface area contributed by atoms with Crippen molar-refractivity contribution in [2.45, 2.75) is 25.8 Å². The summed E-state index contributed by atoms with van der Waals surface area (Å²) < 4.78 is 15.1. The highest BCUT2D eigenvalue weighted by molar-refractivity contribution is 8.14. The molecule has 1 amide bonds. The van der Waals surface area contributed by atoms with Crippen LogP contribution in [-0.4, -0.2) is 88.5 Å². The minimum absolute atomic E-state index is 0.0616. The van der Waals surface area contributed by atoms with Crippen LogP contribution in [0.3, 0.4) is 0 Å². The maximum Gasteiger partial charge on any atom is 0.409 e. The first-order valence-corrected chi connectivity index (χ1v) is 13.7. The van der Waals surface area contributed by atoms with E-state index in [0.29, 0.717) is 30.6 Å². The molecule has 10 heteroatoms. The summed E-state index contributed by atoms with van der Waals surface area (Å²) in [6.07, 6.45) is 11.0. The zero-order chi connectivity index (χ0) is 24.1. The zero-order valence-corrected chi connectivity index (χ0v) is 21.7. The van der Waals surface area contributed by atoms with Gasteiger partial charge in [-0.1, -0.05) is 11.8 Å². The molecule has 1 aromatic rings. The molecule has 4 rings (SSSR count). The molecule has 4 heterocycles. The second kappa shape index (κ2) is 11.4. The quantitative estimate of drug-likeness (QED) is 0.564. The number of hydrogen-bond donors (Lipinski definition) is 0. The summed E-state index contributed by atoms with van der Waals surface area (Å²) in [5.74, 6) is 2.13. The Kier molecular flexibility index (Phi) is 8.31. The fourth-order valence-electron chi connectivity index (χ4n) is 4.30. The number of amides is 1. The van der Waals surface area contributed by atoms with Gasteiger partial charge in [0.25, 0.3) is 0 Å². The molecule has 0 aromatic carbocycles. The van der Waals surface area contributed by atoms with Crippen molar-refractivity contribution in [3.63, 3.8) is 0 Å². The van der Waals surface area contributed by atoms with Gasteiger partial charge in [0, 0.05) is 44.6 Å². The number of allylic oxidation sites excluding steroid dienone is 2. The lowest BCUT2D eigenvalue weighted by Gasteiger charge is -2.31. The minimum atomic E-state index is -0.338. The van der Waals surface area contributed by atoms with Gasteiger partial charge < -0.3 is 23.5 Å². The largest absolute Gasteiger partial charge is 0.450 e. The lowest BCUT2D eigenvalue weighted by Crippen LogP contribution is -2.43. The first-order valence-electron chi connectivity index (χ1n) is 11.8. The van der Waals surface area contributed by atoms with E-state index >= 15 is 0 Å². The SMILES string of the molecule is CCOC(=O)N1CCC(n2/c(=C/C=C/C3=[N+](C)CCS3)oc(=O)/c2=C\C=C2\SCCN2C)CC1. The Labute approximate surface area is 208 Å². The van der Waals surface area contributed by atoms with E-state index in [-0.39, 0.29) is 17.8 Å². The zero-order valence-electron chi connectivity index (χ0n) is 20.1. The van der Waals surface area contributed by atoms with Crippen molar-refractivity contribution >= 4 is 46.8 Å². The minimum Gasteiger partial charge on any atom is -0.450 e. The molecule has 0 spiro atoms. The third-order valence-corrected chi connectivity index (χ3v) is 8.49. The van der Waals surface area contributed by atoms with Crippen LogP contribution < -0.4 is 16.5 Å². The van der Waals surface area contributed by atoms with Crippen LogP contribution in [0.4, 0.5) is 4.79 Å². The second-order valence-corrected chi connectivity index (χ2v) is 10.7. The number of hydrogen-bond acceptors (Lipinski definition) is 7. The summed E-state index contributed by atoms with van der Waals surface area (Å²) >= 11 is 3.61. The fraction of sp³-hybridized carbons (Fsp3) is 0.542. The van der Waals surface area contributed by atoms with Gasteiger partial charge in [0.2, 0.25) is 10.6 Å². The number of thioether (sulfide) groups is 2. The smallest absolute Gasteiger partial charge is 0.409 e. The first kappa shape index (κ1) is 24.8. The summed E-state index contributed by atoms with van der Waals surface area (Å²) in [5, 5.41) is 2.90. The molecule has 0 N–H and O–H groups in total. The Morgan fingerprint density at radius 3 is 2.62 bits per heavy atom. The van der Waals surface area contributed by atoms with Crippen molar-refractivity contribution < 1.29 is 18.5 Å². The van der Waals surface area contributed by atoms with Crippen LogP contribution in [0.2, 0.25) is 0 Å². The van der Waals surface area contributed by atoms with Gasteiger partial charge >= 0.3 is 11.7 Å². The van der Waals surface area contributed by atoms with E-state index in [1.54, 1.807) is 16.7 Å². The number of piperidine rings is 1. The van der Waals surface area contributed by atoms with E-state index in [0.717, 1.165) is 42.5 Å². The maximum atomic E-state index is 12.9. The van der Waals surface area contributed by atoms with Crippen molar-refractivity contribution in [3.8, 4) is 0 Å². The van der Waals surface area contributed by atoms with Crippen LogP contribution in [0.15, 0.2) is 32.5 Å². The number of likely N-dealkylation sites (tertiary alicyclic amines) is 1. The van der Waals surface area contributed by atoms with Gasteiger partial charge in [0.05, 0.1) is 17.4 Å². The molecule has 3 aliphatic rings. The Balaban J connectivity index is 1.68. The van der Waals surface area contributed by atoms with Gasteiger partial charge in [0.1, 0.15) is 12.4 Å². The average molecular weight is 506 g/mol. The van der Waals surface area contributed by atoms with Crippen molar-refractivity contribution in [2.24, 2.45) is 0 Å². The molecule has 0 bridgehead atoms. The monoisotopic (exact) mass is 505 g/mol. The third-order valence-electron chi connectivity index (χ3n) is 6.23. The molecular weight excluding hydrogens is 472 g/mol. The van der Waals surface area contributed by atoms with Gasteiger partial charge in [-0.05, 0) is 44.1 Å². The van der Waals surface area contributed by atoms with Crippen molar-refractivity contribution in [2.75, 3.05) is 58.4 Å². The number of oxazole rings is 1. The van der Waals surface area contributed by atoms with Crippen LogP contribution >= 0.6 is 23.5 Å². The molecule has 0 saturated carbocycles. The van der Waals surface area contributed by atoms with Crippen LogP contribution in [0, 0.1) is 0 Å². The van der Waals surface area contributed by atoms with Gasteiger partial charge in [-0.25, -0.2) is 14.2 Å². The molecule has 3 aliphatic heterocycles. The molecule has 0 aliphatic carbocycles. The molecule has 1 aromatic heterocycles. The van der Waals surface area contributed by atoms with E-state index < -0.39 is 0 Å².